The monoisotopic (exact) mass is 310 g/mol. The van der Waals surface area contributed by atoms with E-state index >= 15 is 0 Å². The zero-order valence-corrected chi connectivity index (χ0v) is 13.6. The Kier molecular flexibility index (Phi) is 6.03. The molecule has 0 fully saturated rings. The van der Waals surface area contributed by atoms with Gasteiger partial charge in [-0.1, -0.05) is 43.7 Å². The Labute approximate surface area is 137 Å². The SMILES string of the molecule is CCCc1ccc(C(=O)CCC(=O)Nc2ccc(C)cn2)cc1. The fourth-order valence-corrected chi connectivity index (χ4v) is 2.26. The molecular weight excluding hydrogens is 288 g/mol. The van der Waals surface area contributed by atoms with Gasteiger partial charge in [-0.05, 0) is 30.5 Å². The first kappa shape index (κ1) is 16.9. The van der Waals surface area contributed by atoms with E-state index in [0.717, 1.165) is 18.4 Å². The second-order valence-electron chi connectivity index (χ2n) is 5.64. The number of nitrogens with one attached hydrogen (secondary N) is 1. The van der Waals surface area contributed by atoms with Crippen LogP contribution in [0.15, 0.2) is 42.6 Å². The van der Waals surface area contributed by atoms with Gasteiger partial charge in [-0.3, -0.25) is 9.59 Å². The van der Waals surface area contributed by atoms with Crippen molar-refractivity contribution in [2.75, 3.05) is 5.32 Å². The maximum atomic E-state index is 12.1. The standard InChI is InChI=1S/C19H22N2O2/c1-3-4-15-6-8-16(9-7-15)17(22)10-12-19(23)21-18-11-5-14(2)13-20-18/h5-9,11,13H,3-4,10,12H2,1-2H3,(H,20,21,23). The Balaban J connectivity index is 1.83. The van der Waals surface area contributed by atoms with Crippen LogP contribution in [0.25, 0.3) is 0 Å². The highest BCUT2D eigenvalue weighted by Gasteiger charge is 2.10. The van der Waals surface area contributed by atoms with Crippen LogP contribution in [0.3, 0.4) is 0 Å². The number of ketones is 1. The molecule has 1 heterocycles. The second-order valence-corrected chi connectivity index (χ2v) is 5.64. The number of pyridine rings is 1. The first-order valence-corrected chi connectivity index (χ1v) is 7.93. The van der Waals surface area contributed by atoms with Gasteiger partial charge in [0, 0.05) is 24.6 Å². The molecule has 0 atom stereocenters. The second kappa shape index (κ2) is 8.22. The molecule has 23 heavy (non-hydrogen) atoms. The molecular formula is C19H22N2O2. The highest BCUT2D eigenvalue weighted by molar-refractivity contribution is 5.99. The predicted molar refractivity (Wildman–Crippen MR) is 91.6 cm³/mol. The van der Waals surface area contributed by atoms with Crippen LogP contribution < -0.4 is 5.32 Å². The van der Waals surface area contributed by atoms with Gasteiger partial charge in [0.15, 0.2) is 5.78 Å². The van der Waals surface area contributed by atoms with E-state index in [0.29, 0.717) is 11.4 Å². The first-order valence-electron chi connectivity index (χ1n) is 7.93. The fourth-order valence-electron chi connectivity index (χ4n) is 2.26. The zero-order chi connectivity index (χ0) is 16.7. The normalized spacial score (nSPS) is 10.3. The molecule has 0 saturated heterocycles. The lowest BCUT2D eigenvalue weighted by Gasteiger charge is -2.05. The highest BCUT2D eigenvalue weighted by atomic mass is 16.2. The van der Waals surface area contributed by atoms with E-state index < -0.39 is 0 Å². The van der Waals surface area contributed by atoms with Gasteiger partial charge in [-0.15, -0.1) is 0 Å². The summed E-state index contributed by atoms with van der Waals surface area (Å²) in [5.74, 6) is 0.300. The molecule has 1 aromatic heterocycles. The van der Waals surface area contributed by atoms with Gasteiger partial charge in [0.2, 0.25) is 5.91 Å². The van der Waals surface area contributed by atoms with E-state index in [1.165, 1.54) is 5.56 Å². The number of carbonyl (C=O) groups excluding carboxylic acids is 2. The van der Waals surface area contributed by atoms with Crippen LogP contribution in [0.5, 0.6) is 0 Å². The van der Waals surface area contributed by atoms with Crippen molar-refractivity contribution in [3.8, 4) is 0 Å². The molecule has 0 unspecified atom stereocenters. The summed E-state index contributed by atoms with van der Waals surface area (Å²) in [7, 11) is 0. The minimum atomic E-state index is -0.197. The molecule has 0 spiro atoms. The van der Waals surface area contributed by atoms with Crippen molar-refractivity contribution in [3.63, 3.8) is 0 Å². The molecule has 1 amide bonds. The van der Waals surface area contributed by atoms with Crippen molar-refractivity contribution >= 4 is 17.5 Å². The average Bonchev–Trinajstić information content (AvgIpc) is 2.56. The summed E-state index contributed by atoms with van der Waals surface area (Å²) in [4.78, 5) is 28.1. The van der Waals surface area contributed by atoms with Crippen molar-refractivity contribution in [3.05, 3.63) is 59.3 Å². The number of benzene rings is 1. The number of hydrogen-bond donors (Lipinski definition) is 1. The minimum absolute atomic E-state index is 0.0138. The van der Waals surface area contributed by atoms with Crippen LogP contribution >= 0.6 is 0 Å². The van der Waals surface area contributed by atoms with Crippen LogP contribution in [0, 0.1) is 6.92 Å². The van der Waals surface area contributed by atoms with Gasteiger partial charge in [-0.2, -0.15) is 0 Å². The lowest BCUT2D eigenvalue weighted by atomic mass is 10.0. The van der Waals surface area contributed by atoms with E-state index in [4.69, 9.17) is 0 Å². The summed E-state index contributed by atoms with van der Waals surface area (Å²) in [5, 5.41) is 2.70. The first-order chi connectivity index (χ1) is 11.1. The summed E-state index contributed by atoms with van der Waals surface area (Å²) in [6, 6.07) is 11.3. The third kappa shape index (κ3) is 5.33. The van der Waals surface area contributed by atoms with Crippen molar-refractivity contribution in [1.82, 2.24) is 4.98 Å². The van der Waals surface area contributed by atoms with Crippen molar-refractivity contribution in [1.29, 1.82) is 0 Å². The number of aryl methyl sites for hydroxylation is 2. The van der Waals surface area contributed by atoms with E-state index in [2.05, 4.69) is 17.2 Å². The molecule has 0 aliphatic heterocycles. The molecule has 0 aliphatic carbocycles. The molecule has 2 rings (SSSR count). The molecule has 4 nitrogen and oxygen atoms in total. The average molecular weight is 310 g/mol. The molecule has 0 saturated carbocycles. The summed E-state index contributed by atoms with van der Waals surface area (Å²) in [6.07, 6.45) is 4.15. The number of aromatic nitrogens is 1. The molecule has 0 bridgehead atoms. The van der Waals surface area contributed by atoms with Crippen molar-refractivity contribution in [2.45, 2.75) is 39.5 Å². The van der Waals surface area contributed by atoms with Gasteiger partial charge in [0.25, 0.3) is 0 Å². The van der Waals surface area contributed by atoms with Gasteiger partial charge < -0.3 is 5.32 Å². The van der Waals surface area contributed by atoms with Crippen molar-refractivity contribution < 1.29 is 9.59 Å². The Morgan fingerprint density at radius 3 is 2.39 bits per heavy atom. The van der Waals surface area contributed by atoms with Crippen LogP contribution in [0.1, 0.15) is 47.7 Å². The fraction of sp³-hybridized carbons (Fsp3) is 0.316. The van der Waals surface area contributed by atoms with Crippen LogP contribution in [-0.4, -0.2) is 16.7 Å². The Morgan fingerprint density at radius 1 is 1.04 bits per heavy atom. The third-order valence-corrected chi connectivity index (χ3v) is 3.57. The molecule has 0 aliphatic rings. The van der Waals surface area contributed by atoms with Crippen LogP contribution in [-0.2, 0) is 11.2 Å². The van der Waals surface area contributed by atoms with E-state index in [1.807, 2.05) is 37.3 Å². The van der Waals surface area contributed by atoms with Gasteiger partial charge in [-0.25, -0.2) is 4.98 Å². The van der Waals surface area contributed by atoms with E-state index in [1.54, 1.807) is 12.3 Å². The maximum Gasteiger partial charge on any atom is 0.225 e. The number of rotatable bonds is 7. The number of anilines is 1. The number of carbonyl (C=O) groups is 2. The Morgan fingerprint density at radius 2 is 1.78 bits per heavy atom. The topological polar surface area (TPSA) is 59.1 Å². The number of amides is 1. The summed E-state index contributed by atoms with van der Waals surface area (Å²) in [5.41, 5.74) is 2.92. The number of Topliss-reactive ketones (excluding diaryl/α,β-unsaturated/α-hetero) is 1. The lowest BCUT2D eigenvalue weighted by molar-refractivity contribution is -0.116. The largest absolute Gasteiger partial charge is 0.311 e. The molecule has 120 valence electrons. The number of hydrogen-bond acceptors (Lipinski definition) is 3. The molecule has 1 aromatic carbocycles. The molecule has 4 heteroatoms. The van der Waals surface area contributed by atoms with E-state index in [9.17, 15) is 9.59 Å². The maximum absolute atomic E-state index is 12.1. The quantitative estimate of drug-likeness (QED) is 0.788. The molecule has 0 radical (unpaired) electrons. The summed E-state index contributed by atoms with van der Waals surface area (Å²) in [6.45, 7) is 4.06. The zero-order valence-electron chi connectivity index (χ0n) is 13.6. The lowest BCUT2D eigenvalue weighted by Crippen LogP contribution is -2.14. The Bertz CT molecular complexity index is 661. The van der Waals surface area contributed by atoms with Crippen molar-refractivity contribution in [2.24, 2.45) is 0 Å². The number of nitrogens with zero attached hydrogens (tertiary/aromatic N) is 1. The van der Waals surface area contributed by atoms with Crippen LogP contribution in [0.4, 0.5) is 5.82 Å². The van der Waals surface area contributed by atoms with Gasteiger partial charge in [0.05, 0.1) is 0 Å². The van der Waals surface area contributed by atoms with E-state index in [-0.39, 0.29) is 24.5 Å². The summed E-state index contributed by atoms with van der Waals surface area (Å²) >= 11 is 0. The molecule has 2 aromatic rings. The van der Waals surface area contributed by atoms with Gasteiger partial charge in [0.1, 0.15) is 5.82 Å². The van der Waals surface area contributed by atoms with Gasteiger partial charge >= 0.3 is 0 Å². The smallest absolute Gasteiger partial charge is 0.225 e. The third-order valence-electron chi connectivity index (χ3n) is 3.57. The highest BCUT2D eigenvalue weighted by Crippen LogP contribution is 2.11. The Hall–Kier alpha value is -2.49. The molecule has 1 N–H and O–H groups in total. The minimum Gasteiger partial charge on any atom is -0.311 e. The summed E-state index contributed by atoms with van der Waals surface area (Å²) < 4.78 is 0. The van der Waals surface area contributed by atoms with Crippen LogP contribution in [0.2, 0.25) is 0 Å². The predicted octanol–water partition coefficient (Wildman–Crippen LogP) is 3.94.